The van der Waals surface area contributed by atoms with Gasteiger partial charge in [0.05, 0.1) is 11.0 Å². The maximum absolute atomic E-state index is 11.6. The fourth-order valence-electron chi connectivity index (χ4n) is 3.16. The highest BCUT2D eigenvalue weighted by atomic mass is 16.2. The lowest BCUT2D eigenvalue weighted by Gasteiger charge is -2.09. The van der Waals surface area contributed by atoms with Crippen LogP contribution in [0.4, 0.5) is 0 Å². The third kappa shape index (κ3) is 1.65. The van der Waals surface area contributed by atoms with Crippen LogP contribution in [0.5, 0.6) is 0 Å². The van der Waals surface area contributed by atoms with Crippen molar-refractivity contribution in [3.8, 4) is 0 Å². The minimum absolute atomic E-state index is 0.271. The highest BCUT2D eigenvalue weighted by Crippen LogP contribution is 2.33. The average Bonchev–Trinajstić information content (AvgIpc) is 2.62. The monoisotopic (exact) mass is 314 g/mol. The summed E-state index contributed by atoms with van der Waals surface area (Å²) < 4.78 is 0. The summed E-state index contributed by atoms with van der Waals surface area (Å²) in [5.41, 5.74) is 0.460. The summed E-state index contributed by atoms with van der Waals surface area (Å²) in [5.74, 6) is 0. The molecule has 24 heavy (non-hydrogen) atoms. The zero-order valence-electron chi connectivity index (χ0n) is 12.3. The summed E-state index contributed by atoms with van der Waals surface area (Å²) in [7, 11) is 0. The van der Waals surface area contributed by atoms with Crippen molar-refractivity contribution in [2.24, 2.45) is 0 Å². The number of nitrogens with one attached hydrogen (secondary N) is 2. The number of hydrogen-bond acceptors (Lipinski definition) is 4. The fraction of sp³-hybridized carbons (Fsp3) is 0. The molecule has 0 spiro atoms. The van der Waals surface area contributed by atoms with Gasteiger partial charge in [0.2, 0.25) is 0 Å². The van der Waals surface area contributed by atoms with Crippen LogP contribution in [0.15, 0.2) is 58.1 Å². The predicted molar refractivity (Wildman–Crippen MR) is 93.3 cm³/mol. The van der Waals surface area contributed by atoms with Gasteiger partial charge in [-0.05, 0) is 10.8 Å². The maximum Gasteiger partial charge on any atom is 0.315 e. The summed E-state index contributed by atoms with van der Waals surface area (Å²) in [5, 5.41) is 4.04. The summed E-state index contributed by atoms with van der Waals surface area (Å²) in [4.78, 5) is 37.3. The van der Waals surface area contributed by atoms with Crippen LogP contribution in [0.1, 0.15) is 0 Å². The van der Waals surface area contributed by atoms with Crippen LogP contribution < -0.4 is 11.1 Å². The van der Waals surface area contributed by atoms with E-state index in [1.54, 1.807) is 0 Å². The molecular weight excluding hydrogens is 304 g/mol. The van der Waals surface area contributed by atoms with Gasteiger partial charge in [-0.2, -0.15) is 0 Å². The second-order valence-corrected chi connectivity index (χ2v) is 5.62. The molecule has 0 bridgehead atoms. The summed E-state index contributed by atoms with van der Waals surface area (Å²) in [6, 6.07) is 15.9. The fourth-order valence-corrected chi connectivity index (χ4v) is 3.16. The van der Waals surface area contributed by atoms with Crippen molar-refractivity contribution in [1.29, 1.82) is 0 Å². The molecule has 0 amide bonds. The third-order valence-corrected chi connectivity index (χ3v) is 4.22. The SMILES string of the molecule is O=c1[nH]c2nc3c4ccccc4c4ccccc4c3nc2[nH]c1=O. The van der Waals surface area contributed by atoms with Gasteiger partial charge in [0, 0.05) is 10.8 Å². The Hall–Kier alpha value is -3.54. The Kier molecular flexibility index (Phi) is 2.42. The van der Waals surface area contributed by atoms with Gasteiger partial charge in [0.15, 0.2) is 11.3 Å². The van der Waals surface area contributed by atoms with Crippen molar-refractivity contribution in [2.75, 3.05) is 0 Å². The smallest absolute Gasteiger partial charge is 0.299 e. The van der Waals surface area contributed by atoms with Gasteiger partial charge in [-0.3, -0.25) is 19.6 Å². The molecule has 0 unspecified atom stereocenters. The molecule has 0 aliphatic carbocycles. The Labute approximate surface area is 133 Å². The van der Waals surface area contributed by atoms with E-state index < -0.39 is 11.1 Å². The average molecular weight is 314 g/mol. The number of nitrogens with zero attached hydrogens (tertiary/aromatic N) is 2. The van der Waals surface area contributed by atoms with E-state index in [-0.39, 0.29) is 11.3 Å². The second-order valence-electron chi connectivity index (χ2n) is 5.62. The highest BCUT2D eigenvalue weighted by Gasteiger charge is 2.12. The van der Waals surface area contributed by atoms with Crippen molar-refractivity contribution >= 4 is 43.9 Å². The van der Waals surface area contributed by atoms with Gasteiger partial charge >= 0.3 is 11.1 Å². The Bertz CT molecular complexity index is 1290. The van der Waals surface area contributed by atoms with Gasteiger partial charge in [-0.25, -0.2) is 9.97 Å². The molecule has 0 radical (unpaired) electrons. The number of benzene rings is 3. The second kappa shape index (κ2) is 4.48. The lowest BCUT2D eigenvalue weighted by atomic mass is 10.00. The number of aromatic amines is 2. The first-order chi connectivity index (χ1) is 11.7. The molecule has 5 rings (SSSR count). The number of rotatable bonds is 0. The van der Waals surface area contributed by atoms with Crippen LogP contribution in [-0.4, -0.2) is 19.9 Å². The standard InChI is InChI=1S/C18H10N4O2/c23-17-18(24)22-16-15(21-17)19-13-11-7-3-1-5-9(11)10-6-2-4-8-12(10)14(13)20-16/h1-8H,(H,19,21,23)(H,20,22,24). The summed E-state index contributed by atoms with van der Waals surface area (Å²) in [6.07, 6.45) is 0. The molecule has 6 heteroatoms. The molecule has 0 fully saturated rings. The predicted octanol–water partition coefficient (Wildman–Crippen LogP) is 2.47. The molecule has 2 heterocycles. The normalized spacial score (nSPS) is 11.7. The Morgan fingerprint density at radius 3 is 1.38 bits per heavy atom. The van der Waals surface area contributed by atoms with E-state index >= 15 is 0 Å². The third-order valence-electron chi connectivity index (χ3n) is 4.22. The van der Waals surface area contributed by atoms with Gasteiger partial charge in [-0.1, -0.05) is 48.5 Å². The molecule has 0 atom stereocenters. The molecular formula is C18H10N4O2. The van der Waals surface area contributed by atoms with Crippen LogP contribution in [0, 0.1) is 0 Å². The Morgan fingerprint density at radius 2 is 0.958 bits per heavy atom. The van der Waals surface area contributed by atoms with Gasteiger partial charge in [-0.15, -0.1) is 0 Å². The van der Waals surface area contributed by atoms with Gasteiger partial charge in [0.25, 0.3) is 0 Å². The summed E-state index contributed by atoms with van der Waals surface area (Å²) in [6.45, 7) is 0. The van der Waals surface area contributed by atoms with Gasteiger partial charge < -0.3 is 0 Å². The van der Waals surface area contributed by atoms with Crippen molar-refractivity contribution in [3.63, 3.8) is 0 Å². The van der Waals surface area contributed by atoms with E-state index in [1.165, 1.54) is 0 Å². The lowest BCUT2D eigenvalue weighted by molar-refractivity contribution is 1.10. The molecule has 2 N–H and O–H groups in total. The van der Waals surface area contributed by atoms with E-state index in [0.717, 1.165) is 21.5 Å². The lowest BCUT2D eigenvalue weighted by Crippen LogP contribution is -2.29. The van der Waals surface area contributed by atoms with E-state index in [2.05, 4.69) is 19.9 Å². The number of H-pyrrole nitrogens is 2. The van der Waals surface area contributed by atoms with Crippen LogP contribution in [-0.2, 0) is 0 Å². The Balaban J connectivity index is 2.16. The summed E-state index contributed by atoms with van der Waals surface area (Å²) >= 11 is 0. The maximum atomic E-state index is 11.6. The quantitative estimate of drug-likeness (QED) is 0.261. The first kappa shape index (κ1) is 13.0. The van der Waals surface area contributed by atoms with Gasteiger partial charge in [0.1, 0.15) is 0 Å². The zero-order valence-corrected chi connectivity index (χ0v) is 12.3. The van der Waals surface area contributed by atoms with Crippen molar-refractivity contribution < 1.29 is 0 Å². The molecule has 0 saturated heterocycles. The van der Waals surface area contributed by atoms with E-state index in [1.807, 2.05) is 48.5 Å². The van der Waals surface area contributed by atoms with Crippen molar-refractivity contribution in [2.45, 2.75) is 0 Å². The molecule has 3 aromatic carbocycles. The molecule has 0 aliphatic heterocycles. The molecule has 6 nitrogen and oxygen atoms in total. The minimum Gasteiger partial charge on any atom is -0.299 e. The largest absolute Gasteiger partial charge is 0.315 e. The molecule has 0 saturated carbocycles. The van der Waals surface area contributed by atoms with Crippen LogP contribution in [0.3, 0.4) is 0 Å². The zero-order chi connectivity index (χ0) is 16.3. The molecule has 2 aromatic heterocycles. The van der Waals surface area contributed by atoms with Crippen molar-refractivity contribution in [1.82, 2.24) is 19.9 Å². The van der Waals surface area contributed by atoms with Crippen LogP contribution in [0.2, 0.25) is 0 Å². The molecule has 114 valence electrons. The van der Waals surface area contributed by atoms with Crippen LogP contribution in [0.25, 0.3) is 43.9 Å². The molecule has 5 aromatic rings. The van der Waals surface area contributed by atoms with E-state index in [9.17, 15) is 9.59 Å². The van der Waals surface area contributed by atoms with Crippen LogP contribution >= 0.6 is 0 Å². The number of hydrogen-bond donors (Lipinski definition) is 2. The highest BCUT2D eigenvalue weighted by molar-refractivity contribution is 6.23. The van der Waals surface area contributed by atoms with Crippen molar-refractivity contribution in [3.05, 3.63) is 69.2 Å². The first-order valence-corrected chi connectivity index (χ1v) is 7.46. The van der Waals surface area contributed by atoms with E-state index in [4.69, 9.17) is 0 Å². The van der Waals surface area contributed by atoms with E-state index in [0.29, 0.717) is 11.0 Å². The topological polar surface area (TPSA) is 91.5 Å². The minimum atomic E-state index is -0.735. The number of aromatic nitrogens is 4. The molecule has 0 aliphatic rings. The Morgan fingerprint density at radius 1 is 0.583 bits per heavy atom. The first-order valence-electron chi connectivity index (χ1n) is 7.46. The number of fused-ring (bicyclic) bond motifs is 7.